The molecule has 0 aromatic carbocycles. The molecular weight excluding hydrogens is 358 g/mol. The molecule has 7 heteroatoms. The van der Waals surface area contributed by atoms with Gasteiger partial charge in [-0.1, -0.05) is 0 Å². The van der Waals surface area contributed by atoms with Gasteiger partial charge < -0.3 is 15.2 Å². The van der Waals surface area contributed by atoms with Crippen molar-refractivity contribution in [2.45, 2.75) is 44.3 Å². The molecule has 0 spiro atoms. The Balaban J connectivity index is 1.59. The van der Waals surface area contributed by atoms with Gasteiger partial charge in [-0.25, -0.2) is 4.79 Å². The number of hydrogen-bond donors (Lipinski definition) is 2. The Labute approximate surface area is 135 Å². The van der Waals surface area contributed by atoms with Crippen molar-refractivity contribution < 1.29 is 19.4 Å². The van der Waals surface area contributed by atoms with Crippen LogP contribution in [0.25, 0.3) is 0 Å². The summed E-state index contributed by atoms with van der Waals surface area (Å²) in [6.45, 7) is 0.396. The molecule has 1 aromatic heterocycles. The van der Waals surface area contributed by atoms with Gasteiger partial charge in [0.2, 0.25) is 5.91 Å². The van der Waals surface area contributed by atoms with Gasteiger partial charge in [-0.3, -0.25) is 4.79 Å². The Morgan fingerprint density at radius 3 is 2.86 bits per heavy atom. The minimum Gasteiger partial charge on any atom is -0.479 e. The van der Waals surface area contributed by atoms with Crippen molar-refractivity contribution in [1.82, 2.24) is 5.32 Å². The van der Waals surface area contributed by atoms with E-state index >= 15 is 0 Å². The van der Waals surface area contributed by atoms with Crippen molar-refractivity contribution in [2.24, 2.45) is 0 Å². The maximum Gasteiger partial charge on any atom is 0.332 e. The lowest BCUT2D eigenvalue weighted by Gasteiger charge is -2.12. The molecule has 0 radical (unpaired) electrons. The van der Waals surface area contributed by atoms with Gasteiger partial charge in [0.1, 0.15) is 0 Å². The second-order valence-electron chi connectivity index (χ2n) is 5.03. The SMILES string of the molecule is O=C(CCCc1ccc(Br)s1)NCC1CCC(C(=O)O)O1. The van der Waals surface area contributed by atoms with E-state index in [1.807, 2.05) is 6.07 Å². The first kappa shape index (κ1) is 16.5. The fraction of sp³-hybridized carbons (Fsp3) is 0.571. The molecule has 2 atom stereocenters. The minimum absolute atomic E-state index is 0.00648. The van der Waals surface area contributed by atoms with Crippen LogP contribution >= 0.6 is 27.3 Å². The van der Waals surface area contributed by atoms with E-state index in [0.717, 1.165) is 16.6 Å². The number of aliphatic carboxylic acids is 1. The number of carboxylic acids is 1. The molecule has 1 aromatic rings. The summed E-state index contributed by atoms with van der Waals surface area (Å²) in [5.41, 5.74) is 0. The van der Waals surface area contributed by atoms with Crippen LogP contribution in [0.4, 0.5) is 0 Å². The van der Waals surface area contributed by atoms with Crippen LogP contribution < -0.4 is 5.32 Å². The van der Waals surface area contributed by atoms with Gasteiger partial charge in [0, 0.05) is 17.8 Å². The van der Waals surface area contributed by atoms with Crippen LogP contribution in [0.5, 0.6) is 0 Å². The summed E-state index contributed by atoms with van der Waals surface area (Å²) in [6, 6.07) is 4.07. The number of carbonyl (C=O) groups is 2. The summed E-state index contributed by atoms with van der Waals surface area (Å²) < 4.78 is 6.44. The van der Waals surface area contributed by atoms with Crippen molar-refractivity contribution in [1.29, 1.82) is 0 Å². The number of carboxylic acid groups (broad SMARTS) is 1. The molecule has 1 aliphatic rings. The van der Waals surface area contributed by atoms with Crippen LogP contribution in [0.15, 0.2) is 15.9 Å². The number of nitrogens with one attached hydrogen (secondary N) is 1. The third-order valence-electron chi connectivity index (χ3n) is 3.37. The molecule has 2 unspecified atom stereocenters. The smallest absolute Gasteiger partial charge is 0.332 e. The number of thiophene rings is 1. The molecule has 0 aliphatic carbocycles. The number of carbonyl (C=O) groups excluding carboxylic acids is 1. The van der Waals surface area contributed by atoms with E-state index in [-0.39, 0.29) is 12.0 Å². The van der Waals surface area contributed by atoms with Gasteiger partial charge in [-0.15, -0.1) is 11.3 Å². The number of hydrogen-bond acceptors (Lipinski definition) is 4. The van der Waals surface area contributed by atoms with Crippen LogP contribution in [0.2, 0.25) is 0 Å². The van der Waals surface area contributed by atoms with Crippen LogP contribution in [-0.4, -0.2) is 35.7 Å². The largest absolute Gasteiger partial charge is 0.479 e. The molecule has 2 rings (SSSR count). The number of rotatable bonds is 7. The number of amides is 1. The molecule has 2 heterocycles. The number of aryl methyl sites for hydroxylation is 1. The molecule has 5 nitrogen and oxygen atoms in total. The molecule has 1 saturated heterocycles. The molecule has 0 bridgehead atoms. The fourth-order valence-corrected chi connectivity index (χ4v) is 3.79. The second-order valence-corrected chi connectivity index (χ2v) is 7.57. The highest BCUT2D eigenvalue weighted by Crippen LogP contribution is 2.23. The lowest BCUT2D eigenvalue weighted by Crippen LogP contribution is -2.33. The Bertz CT molecular complexity index is 505. The van der Waals surface area contributed by atoms with Crippen LogP contribution in [0, 0.1) is 0 Å². The monoisotopic (exact) mass is 375 g/mol. The summed E-state index contributed by atoms with van der Waals surface area (Å²) in [7, 11) is 0. The summed E-state index contributed by atoms with van der Waals surface area (Å²) in [4.78, 5) is 23.7. The van der Waals surface area contributed by atoms with Crippen molar-refractivity contribution >= 4 is 39.1 Å². The topological polar surface area (TPSA) is 75.6 Å². The van der Waals surface area contributed by atoms with Gasteiger partial charge in [0.15, 0.2) is 6.10 Å². The zero-order valence-electron chi connectivity index (χ0n) is 11.5. The standard InChI is InChI=1S/C14H18BrNO4S/c15-12-7-5-10(21-12)2-1-3-13(17)16-8-9-4-6-11(20-9)14(18)19/h5,7,9,11H,1-4,6,8H2,(H,16,17)(H,18,19). The van der Waals surface area contributed by atoms with Gasteiger partial charge >= 0.3 is 5.97 Å². The van der Waals surface area contributed by atoms with Gasteiger partial charge in [-0.2, -0.15) is 0 Å². The van der Waals surface area contributed by atoms with Gasteiger partial charge in [-0.05, 0) is 53.7 Å². The molecule has 21 heavy (non-hydrogen) atoms. The molecule has 1 amide bonds. The maximum atomic E-state index is 11.7. The lowest BCUT2D eigenvalue weighted by molar-refractivity contribution is -0.149. The number of ether oxygens (including phenoxy) is 1. The second kappa shape index (κ2) is 7.91. The predicted molar refractivity (Wildman–Crippen MR) is 83.5 cm³/mol. The summed E-state index contributed by atoms with van der Waals surface area (Å²) in [6.07, 6.45) is 2.48. The Kier molecular flexibility index (Phi) is 6.20. The summed E-state index contributed by atoms with van der Waals surface area (Å²) >= 11 is 5.10. The lowest BCUT2D eigenvalue weighted by atomic mass is 10.2. The van der Waals surface area contributed by atoms with Crippen molar-refractivity contribution in [3.8, 4) is 0 Å². The van der Waals surface area contributed by atoms with Crippen LogP contribution in [-0.2, 0) is 20.7 Å². The third-order valence-corrected chi connectivity index (χ3v) is 5.05. The highest BCUT2D eigenvalue weighted by atomic mass is 79.9. The average molecular weight is 376 g/mol. The normalized spacial score (nSPS) is 21.4. The van der Waals surface area contributed by atoms with Crippen molar-refractivity contribution in [2.75, 3.05) is 6.54 Å². The first-order valence-corrected chi connectivity index (χ1v) is 8.54. The summed E-state index contributed by atoms with van der Waals surface area (Å²) in [5.74, 6) is -0.932. The van der Waals surface area contributed by atoms with E-state index in [1.165, 1.54) is 4.88 Å². The molecular formula is C14H18BrNO4S. The van der Waals surface area contributed by atoms with E-state index in [9.17, 15) is 9.59 Å². The van der Waals surface area contributed by atoms with E-state index in [2.05, 4.69) is 27.3 Å². The van der Waals surface area contributed by atoms with Crippen LogP contribution in [0.3, 0.4) is 0 Å². The Hall–Kier alpha value is -0.920. The number of halogens is 1. The van der Waals surface area contributed by atoms with Crippen LogP contribution in [0.1, 0.15) is 30.6 Å². The summed E-state index contributed by atoms with van der Waals surface area (Å²) in [5, 5.41) is 11.6. The zero-order valence-corrected chi connectivity index (χ0v) is 13.9. The molecule has 2 N–H and O–H groups in total. The minimum atomic E-state index is -0.925. The highest BCUT2D eigenvalue weighted by Gasteiger charge is 2.30. The van der Waals surface area contributed by atoms with E-state index in [1.54, 1.807) is 11.3 Å². The molecule has 1 aliphatic heterocycles. The third kappa shape index (κ3) is 5.41. The van der Waals surface area contributed by atoms with Crippen molar-refractivity contribution in [3.05, 3.63) is 20.8 Å². The molecule has 1 fully saturated rings. The van der Waals surface area contributed by atoms with Gasteiger partial charge in [0.05, 0.1) is 9.89 Å². The molecule has 116 valence electrons. The van der Waals surface area contributed by atoms with Gasteiger partial charge in [0.25, 0.3) is 0 Å². The molecule has 0 saturated carbocycles. The first-order chi connectivity index (χ1) is 10.0. The fourth-order valence-electron chi connectivity index (χ4n) is 2.26. The van der Waals surface area contributed by atoms with Crippen molar-refractivity contribution in [3.63, 3.8) is 0 Å². The van der Waals surface area contributed by atoms with E-state index in [4.69, 9.17) is 9.84 Å². The highest BCUT2D eigenvalue weighted by molar-refractivity contribution is 9.11. The predicted octanol–water partition coefficient (Wildman–Crippen LogP) is 2.58. The first-order valence-electron chi connectivity index (χ1n) is 6.94. The average Bonchev–Trinajstić information content (AvgIpc) is 3.05. The zero-order chi connectivity index (χ0) is 15.2. The van der Waals surface area contributed by atoms with E-state index < -0.39 is 12.1 Å². The quantitative estimate of drug-likeness (QED) is 0.767. The van der Waals surface area contributed by atoms with E-state index in [0.29, 0.717) is 25.8 Å². The maximum absolute atomic E-state index is 11.7. The Morgan fingerprint density at radius 2 is 2.24 bits per heavy atom. The Morgan fingerprint density at radius 1 is 1.43 bits per heavy atom.